The number of halogens is 1. The summed E-state index contributed by atoms with van der Waals surface area (Å²) in [5.41, 5.74) is 12.4. The van der Waals surface area contributed by atoms with Crippen LogP contribution < -0.4 is 44.0 Å². The molecular weight excluding hydrogens is 838 g/mol. The number of aromatic nitrogens is 9. The average Bonchev–Trinajstić information content (AvgIpc) is 3.93. The standard InChI is InChI=1S/C39H63N17O6.ClH/c1-5-19-60-21-23-62-24-22-61-20-10-43-37-44-38(53-15-11-51(12-16-53)33(58)28-55-26-32(48-49-55)25-30(4)57)46-39(45-37)54-17-13-52(14-18-54)35(59)34(29(3)6-2)56-27-31(47-50-56)8-7-9-42-36(40)41;/h1,26-27,29-30,34,57H,6-25,28H2,2-4H3,(H4,40,41,42)(H,43,44,45,46);1H. The fraction of sp³-hybridized carbons (Fsp3) is 0.692. The van der Waals surface area contributed by atoms with E-state index in [2.05, 4.69) is 55.6 Å². The van der Waals surface area contributed by atoms with E-state index < -0.39 is 12.1 Å². The Kier molecular flexibility index (Phi) is 20.9. The van der Waals surface area contributed by atoms with E-state index in [-0.39, 0.29) is 49.3 Å². The van der Waals surface area contributed by atoms with Gasteiger partial charge in [0.15, 0.2) is 0 Å². The Balaban J connectivity index is 0.00000871. The van der Waals surface area contributed by atoms with Gasteiger partial charge in [-0.2, -0.15) is 15.0 Å². The molecule has 2 amide bonds. The normalized spacial score (nSPS) is 15.6. The first-order valence-corrected chi connectivity index (χ1v) is 21.4. The number of aryl methyl sites for hydroxylation is 1. The summed E-state index contributed by atoms with van der Waals surface area (Å²) in [7, 11) is 0. The third-order valence-electron chi connectivity index (χ3n) is 10.5. The molecule has 0 aliphatic carbocycles. The number of amides is 2. The second-order valence-corrected chi connectivity index (χ2v) is 15.3. The van der Waals surface area contributed by atoms with Crippen molar-refractivity contribution in [3.8, 4) is 12.3 Å². The van der Waals surface area contributed by atoms with Crippen LogP contribution in [0.25, 0.3) is 0 Å². The van der Waals surface area contributed by atoms with Crippen LogP contribution in [0.4, 0.5) is 17.8 Å². The molecule has 3 atom stereocenters. The number of piperazine rings is 2. The Labute approximate surface area is 374 Å². The minimum Gasteiger partial charge on any atom is -1.00 e. The highest BCUT2D eigenvalue weighted by Crippen LogP contribution is 2.25. The average molecular weight is 903 g/mol. The van der Waals surface area contributed by atoms with E-state index in [0.717, 1.165) is 18.5 Å². The summed E-state index contributed by atoms with van der Waals surface area (Å²) in [6.07, 6.45) is 10.8. The number of terminal acetylenes is 1. The number of aliphatic hydroxyl groups excluding tert-OH is 1. The Hall–Kier alpha value is -5.41. The molecule has 2 aliphatic heterocycles. The van der Waals surface area contributed by atoms with E-state index in [0.29, 0.717) is 135 Å². The van der Waals surface area contributed by atoms with Crippen molar-refractivity contribution >= 4 is 35.6 Å². The van der Waals surface area contributed by atoms with Crippen LogP contribution in [0.5, 0.6) is 0 Å². The zero-order valence-electron chi connectivity index (χ0n) is 36.6. The quantitative estimate of drug-likeness (QED) is 0.0229. The highest BCUT2D eigenvalue weighted by Gasteiger charge is 2.34. The lowest BCUT2D eigenvalue weighted by molar-refractivity contribution is -0.459. The van der Waals surface area contributed by atoms with E-state index in [4.69, 9.17) is 47.1 Å². The van der Waals surface area contributed by atoms with Crippen molar-refractivity contribution in [1.29, 1.82) is 0 Å². The SMILES string of the molecule is C#CCOCCOCCOCCNc1nc(N2CCN(C(=O)Cn3cc(CC(C)O)nn3)CC2)nc(N2CCN(C(=O)C(C(C)CC)n3cc(CCC[NH+]=C(N)N)nn3)CC2)n1.[Cl-]. The molecule has 5 rings (SSSR count). The molecule has 0 bridgehead atoms. The molecule has 2 saturated heterocycles. The lowest BCUT2D eigenvalue weighted by Crippen LogP contribution is -3.00. The van der Waals surface area contributed by atoms with Crippen molar-refractivity contribution < 1.29 is 46.3 Å². The lowest BCUT2D eigenvalue weighted by atomic mass is 9.97. The van der Waals surface area contributed by atoms with Gasteiger partial charge in [-0.25, -0.2) is 9.36 Å². The van der Waals surface area contributed by atoms with Crippen LogP contribution in [0.2, 0.25) is 0 Å². The number of aliphatic hydroxyl groups is 1. The van der Waals surface area contributed by atoms with Crippen molar-refractivity contribution in [2.24, 2.45) is 17.4 Å². The van der Waals surface area contributed by atoms with Crippen molar-refractivity contribution in [3.63, 3.8) is 0 Å². The molecule has 0 radical (unpaired) electrons. The van der Waals surface area contributed by atoms with Crippen LogP contribution in [0.15, 0.2) is 12.4 Å². The molecule has 3 aromatic heterocycles. The van der Waals surface area contributed by atoms with Crippen LogP contribution in [0.1, 0.15) is 51.0 Å². The topological polar surface area (TPSA) is 273 Å². The smallest absolute Gasteiger partial charge is 0.338 e. The Morgan fingerprint density at radius 1 is 0.873 bits per heavy atom. The number of nitrogens with two attached hydrogens (primary N) is 2. The fourth-order valence-electron chi connectivity index (χ4n) is 6.95. The Morgan fingerprint density at radius 2 is 1.49 bits per heavy atom. The van der Waals surface area contributed by atoms with Gasteiger partial charge in [-0.3, -0.25) is 26.0 Å². The molecule has 2 aliphatic rings. The minimum atomic E-state index is -0.548. The van der Waals surface area contributed by atoms with Crippen molar-refractivity contribution in [2.45, 2.75) is 65.1 Å². The van der Waals surface area contributed by atoms with Gasteiger partial charge in [0, 0.05) is 77.7 Å². The van der Waals surface area contributed by atoms with E-state index in [1.807, 2.05) is 16.0 Å². The number of rotatable bonds is 25. The third-order valence-corrected chi connectivity index (χ3v) is 10.5. The van der Waals surface area contributed by atoms with Crippen LogP contribution in [0.3, 0.4) is 0 Å². The maximum absolute atomic E-state index is 14.1. The summed E-state index contributed by atoms with van der Waals surface area (Å²) in [5, 5.41) is 29.8. The number of nitrogens with zero attached hydrogens (tertiary/aromatic N) is 13. The molecule has 348 valence electrons. The van der Waals surface area contributed by atoms with Gasteiger partial charge >= 0.3 is 5.96 Å². The molecule has 0 aromatic carbocycles. The highest BCUT2D eigenvalue weighted by atomic mass is 35.5. The Morgan fingerprint density at radius 3 is 2.11 bits per heavy atom. The maximum atomic E-state index is 14.1. The van der Waals surface area contributed by atoms with E-state index >= 15 is 0 Å². The predicted molar refractivity (Wildman–Crippen MR) is 229 cm³/mol. The number of anilines is 3. The number of carbonyl (C=O) groups is 2. The van der Waals surface area contributed by atoms with Gasteiger partial charge in [-0.1, -0.05) is 36.6 Å². The first-order chi connectivity index (χ1) is 30.0. The molecule has 24 heteroatoms. The van der Waals surface area contributed by atoms with Gasteiger partial charge in [0.2, 0.25) is 29.7 Å². The van der Waals surface area contributed by atoms with Gasteiger partial charge in [-0.05, 0) is 25.7 Å². The summed E-state index contributed by atoms with van der Waals surface area (Å²) < 4.78 is 19.7. The number of hydrogen-bond acceptors (Lipinski definition) is 16. The zero-order valence-corrected chi connectivity index (χ0v) is 37.4. The number of hydrogen-bond donors (Lipinski definition) is 5. The molecule has 3 unspecified atom stereocenters. The van der Waals surface area contributed by atoms with Crippen molar-refractivity contribution in [2.75, 3.05) is 120 Å². The second-order valence-electron chi connectivity index (χ2n) is 15.3. The molecule has 23 nitrogen and oxygen atoms in total. The maximum Gasteiger partial charge on any atom is 0.338 e. The monoisotopic (exact) mass is 901 g/mol. The Bertz CT molecular complexity index is 1900. The number of carbonyl (C=O) groups excluding carboxylic acids is 2. The molecule has 3 aromatic rings. The summed E-state index contributed by atoms with van der Waals surface area (Å²) in [4.78, 5) is 52.5. The minimum absolute atomic E-state index is 0. The van der Waals surface area contributed by atoms with E-state index in [1.165, 1.54) is 4.68 Å². The predicted octanol–water partition coefficient (Wildman–Crippen LogP) is -6.35. The second kappa shape index (κ2) is 26.3. The third kappa shape index (κ3) is 16.0. The van der Waals surface area contributed by atoms with Crippen LogP contribution >= 0.6 is 0 Å². The van der Waals surface area contributed by atoms with E-state index in [1.54, 1.807) is 22.7 Å². The summed E-state index contributed by atoms with van der Waals surface area (Å²) in [5.74, 6) is 3.93. The van der Waals surface area contributed by atoms with Gasteiger partial charge in [0.25, 0.3) is 0 Å². The number of ether oxygens (including phenoxy) is 3. The van der Waals surface area contributed by atoms with Gasteiger partial charge in [0.1, 0.15) is 19.2 Å². The van der Waals surface area contributed by atoms with Crippen LogP contribution in [-0.2, 0) is 43.2 Å². The van der Waals surface area contributed by atoms with Crippen molar-refractivity contribution in [1.82, 2.24) is 54.7 Å². The largest absolute Gasteiger partial charge is 1.00 e. The molecule has 5 heterocycles. The zero-order chi connectivity index (χ0) is 44.3. The lowest BCUT2D eigenvalue weighted by Gasteiger charge is -2.38. The summed E-state index contributed by atoms with van der Waals surface area (Å²) >= 11 is 0. The first-order valence-electron chi connectivity index (χ1n) is 21.4. The first kappa shape index (κ1) is 50.2. The van der Waals surface area contributed by atoms with Crippen LogP contribution in [-0.4, -0.2) is 189 Å². The molecular formula is C39H64ClN17O6. The number of nitrogens with one attached hydrogen (secondary N) is 2. The van der Waals surface area contributed by atoms with Gasteiger partial charge in [-0.15, -0.1) is 16.6 Å². The van der Waals surface area contributed by atoms with Crippen molar-refractivity contribution in [3.05, 3.63) is 23.8 Å². The summed E-state index contributed by atoms with van der Waals surface area (Å²) in [6, 6.07) is -0.491. The molecule has 63 heavy (non-hydrogen) atoms. The molecule has 2 fully saturated rings. The molecule has 0 saturated carbocycles. The molecule has 7 N–H and O–H groups in total. The van der Waals surface area contributed by atoms with Gasteiger partial charge < -0.3 is 56.6 Å². The summed E-state index contributed by atoms with van der Waals surface area (Å²) in [6.45, 7) is 13.2. The molecule has 0 spiro atoms. The fourth-order valence-corrected chi connectivity index (χ4v) is 6.95. The number of guanidine groups is 1. The van der Waals surface area contributed by atoms with E-state index in [9.17, 15) is 14.7 Å². The van der Waals surface area contributed by atoms with Crippen LogP contribution in [0, 0.1) is 18.3 Å². The highest BCUT2D eigenvalue weighted by molar-refractivity contribution is 5.81. The van der Waals surface area contributed by atoms with Gasteiger partial charge in [0.05, 0.1) is 57.1 Å².